The van der Waals surface area contributed by atoms with E-state index >= 15 is 0 Å². The van der Waals surface area contributed by atoms with Crippen LogP contribution in [0.3, 0.4) is 0 Å². The summed E-state index contributed by atoms with van der Waals surface area (Å²) in [5.41, 5.74) is 1.41. The lowest BCUT2D eigenvalue weighted by Crippen LogP contribution is -2.45. The average molecular weight is 503 g/mol. The van der Waals surface area contributed by atoms with E-state index in [-0.39, 0.29) is 11.3 Å². The highest BCUT2D eigenvalue weighted by atomic mass is 79.9. The molecule has 0 aliphatic rings. The van der Waals surface area contributed by atoms with Crippen LogP contribution in [0.15, 0.2) is 88.2 Å². The van der Waals surface area contributed by atoms with Crippen LogP contribution in [-0.2, 0) is 21.2 Å². The Hall–Kier alpha value is -2.68. The molecule has 162 valence electrons. The van der Waals surface area contributed by atoms with E-state index in [1.54, 1.807) is 30.3 Å². The molecule has 1 atom stereocenters. The third kappa shape index (κ3) is 6.65. The fourth-order valence-electron chi connectivity index (χ4n) is 2.97. The highest BCUT2D eigenvalue weighted by Crippen LogP contribution is 2.19. The van der Waals surface area contributed by atoms with E-state index in [1.165, 1.54) is 12.1 Å². The van der Waals surface area contributed by atoms with Crippen molar-refractivity contribution in [3.63, 3.8) is 0 Å². The summed E-state index contributed by atoms with van der Waals surface area (Å²) >= 11 is 3.37. The van der Waals surface area contributed by atoms with Gasteiger partial charge < -0.3 is 10.1 Å². The second-order valence-electron chi connectivity index (χ2n) is 6.77. The van der Waals surface area contributed by atoms with Gasteiger partial charge in [-0.15, -0.1) is 0 Å². The zero-order valence-corrected chi connectivity index (χ0v) is 19.3. The largest absolute Gasteiger partial charge is 0.494 e. The van der Waals surface area contributed by atoms with Crippen LogP contribution >= 0.6 is 15.9 Å². The summed E-state index contributed by atoms with van der Waals surface area (Å²) in [5, 5.41) is 2.79. The van der Waals surface area contributed by atoms with Crippen LogP contribution in [0, 0.1) is 0 Å². The van der Waals surface area contributed by atoms with Crippen LogP contribution in [0.1, 0.15) is 12.5 Å². The van der Waals surface area contributed by atoms with E-state index in [0.29, 0.717) is 18.0 Å². The highest BCUT2D eigenvalue weighted by molar-refractivity contribution is 9.10. The van der Waals surface area contributed by atoms with Crippen molar-refractivity contribution in [2.45, 2.75) is 24.3 Å². The molecule has 31 heavy (non-hydrogen) atoms. The number of ether oxygens (including phenoxy) is 1. The highest BCUT2D eigenvalue weighted by Gasteiger charge is 2.26. The minimum absolute atomic E-state index is 0.0595. The molecule has 8 heteroatoms. The zero-order chi connectivity index (χ0) is 22.3. The molecule has 0 radical (unpaired) electrons. The van der Waals surface area contributed by atoms with Gasteiger partial charge in [0.15, 0.2) is 0 Å². The van der Waals surface area contributed by atoms with Crippen LogP contribution in [0.25, 0.3) is 0 Å². The van der Waals surface area contributed by atoms with Crippen molar-refractivity contribution in [2.24, 2.45) is 0 Å². The number of halogens is 1. The number of benzene rings is 3. The molecule has 2 N–H and O–H groups in total. The van der Waals surface area contributed by atoms with Crippen molar-refractivity contribution in [2.75, 3.05) is 11.9 Å². The summed E-state index contributed by atoms with van der Waals surface area (Å²) in [6, 6.07) is 21.5. The summed E-state index contributed by atoms with van der Waals surface area (Å²) in [7, 11) is -3.93. The quantitative estimate of drug-likeness (QED) is 0.454. The third-order valence-electron chi connectivity index (χ3n) is 4.43. The Labute approximate surface area is 190 Å². The maximum absolute atomic E-state index is 13.0. The number of hydrogen-bond acceptors (Lipinski definition) is 4. The fraction of sp³-hybridized carbons (Fsp3) is 0.174. The van der Waals surface area contributed by atoms with Crippen molar-refractivity contribution in [1.29, 1.82) is 0 Å². The molecule has 1 amide bonds. The Morgan fingerprint density at radius 2 is 1.71 bits per heavy atom. The predicted molar refractivity (Wildman–Crippen MR) is 125 cm³/mol. The second kappa shape index (κ2) is 10.6. The number of amides is 1. The minimum Gasteiger partial charge on any atom is -0.494 e. The Balaban J connectivity index is 1.83. The number of nitrogens with one attached hydrogen (secondary N) is 2. The normalized spacial score (nSPS) is 12.2. The molecule has 0 saturated heterocycles. The van der Waals surface area contributed by atoms with Gasteiger partial charge in [-0.3, -0.25) is 4.79 Å². The molecule has 3 aromatic rings. The molecule has 0 saturated carbocycles. The van der Waals surface area contributed by atoms with E-state index in [1.807, 2.05) is 43.3 Å². The summed E-state index contributed by atoms with van der Waals surface area (Å²) in [4.78, 5) is 13.1. The topological polar surface area (TPSA) is 84.5 Å². The molecular formula is C23H23BrN2O4S. The van der Waals surface area contributed by atoms with E-state index < -0.39 is 22.0 Å². The molecule has 6 nitrogen and oxygen atoms in total. The van der Waals surface area contributed by atoms with Crippen molar-refractivity contribution >= 4 is 37.5 Å². The summed E-state index contributed by atoms with van der Waals surface area (Å²) in [6.45, 7) is 2.34. The monoisotopic (exact) mass is 502 g/mol. The predicted octanol–water partition coefficient (Wildman–Crippen LogP) is 4.38. The van der Waals surface area contributed by atoms with Gasteiger partial charge in [0, 0.05) is 10.2 Å². The summed E-state index contributed by atoms with van der Waals surface area (Å²) in [5.74, 6) is 0.131. The Morgan fingerprint density at radius 1 is 1.00 bits per heavy atom. The molecule has 0 spiro atoms. The van der Waals surface area contributed by atoms with Crippen molar-refractivity contribution in [3.8, 4) is 5.75 Å². The van der Waals surface area contributed by atoms with Crippen LogP contribution in [0.4, 0.5) is 5.69 Å². The number of hydrogen-bond donors (Lipinski definition) is 2. The van der Waals surface area contributed by atoms with Crippen molar-refractivity contribution < 1.29 is 17.9 Å². The van der Waals surface area contributed by atoms with Gasteiger partial charge in [0.2, 0.25) is 15.9 Å². The third-order valence-corrected chi connectivity index (χ3v) is 6.41. The molecule has 0 aliphatic carbocycles. The number of anilines is 1. The average Bonchev–Trinajstić information content (AvgIpc) is 2.74. The molecule has 3 aromatic carbocycles. The molecule has 0 aliphatic heterocycles. The van der Waals surface area contributed by atoms with Crippen LogP contribution in [-0.4, -0.2) is 27.0 Å². The van der Waals surface area contributed by atoms with E-state index in [4.69, 9.17) is 4.74 Å². The van der Waals surface area contributed by atoms with Gasteiger partial charge in [0.1, 0.15) is 11.8 Å². The van der Waals surface area contributed by atoms with Crippen LogP contribution < -0.4 is 14.8 Å². The second-order valence-corrected chi connectivity index (χ2v) is 9.40. The van der Waals surface area contributed by atoms with Crippen molar-refractivity contribution in [3.05, 3.63) is 88.9 Å². The smallest absolute Gasteiger partial charge is 0.242 e. The van der Waals surface area contributed by atoms with Gasteiger partial charge in [-0.2, -0.15) is 4.72 Å². The number of rotatable bonds is 9. The van der Waals surface area contributed by atoms with Gasteiger partial charge in [0.05, 0.1) is 11.5 Å². The minimum atomic E-state index is -3.93. The SMILES string of the molecule is CCOc1ccc(S(=O)(=O)N[C@@H](Cc2ccccc2)C(=O)Nc2cccc(Br)c2)cc1. The number of carbonyl (C=O) groups excluding carboxylic acids is 1. The van der Waals surface area contributed by atoms with Gasteiger partial charge in [-0.1, -0.05) is 52.3 Å². The lowest BCUT2D eigenvalue weighted by atomic mass is 10.1. The van der Waals surface area contributed by atoms with Crippen LogP contribution in [0.5, 0.6) is 5.75 Å². The first kappa shape index (κ1) is 23.0. The molecule has 0 fully saturated rings. The maximum Gasteiger partial charge on any atom is 0.242 e. The van der Waals surface area contributed by atoms with E-state index in [2.05, 4.69) is 26.0 Å². The fourth-order valence-corrected chi connectivity index (χ4v) is 4.56. The van der Waals surface area contributed by atoms with Gasteiger partial charge >= 0.3 is 0 Å². The molecule has 0 unspecified atom stereocenters. The first-order chi connectivity index (χ1) is 14.9. The van der Waals surface area contributed by atoms with Crippen LogP contribution in [0.2, 0.25) is 0 Å². The zero-order valence-electron chi connectivity index (χ0n) is 16.9. The van der Waals surface area contributed by atoms with E-state index in [0.717, 1.165) is 10.0 Å². The Morgan fingerprint density at radius 3 is 2.35 bits per heavy atom. The first-order valence-electron chi connectivity index (χ1n) is 9.73. The Bertz CT molecular complexity index is 1120. The standard InChI is InChI=1S/C23H23BrN2O4S/c1-2-30-20-11-13-21(14-12-20)31(28,29)26-22(15-17-7-4-3-5-8-17)23(27)25-19-10-6-9-18(24)16-19/h3-14,16,22,26H,2,15H2,1H3,(H,25,27)/t22-/m0/s1. The van der Waals surface area contributed by atoms with Gasteiger partial charge in [-0.05, 0) is 61.4 Å². The number of sulfonamides is 1. The lowest BCUT2D eigenvalue weighted by Gasteiger charge is -2.19. The Kier molecular flexibility index (Phi) is 7.84. The molecular weight excluding hydrogens is 480 g/mol. The van der Waals surface area contributed by atoms with Gasteiger partial charge in [0.25, 0.3) is 0 Å². The molecule has 0 bridgehead atoms. The number of carbonyl (C=O) groups is 1. The van der Waals surface area contributed by atoms with Crippen molar-refractivity contribution in [1.82, 2.24) is 4.72 Å². The lowest BCUT2D eigenvalue weighted by molar-refractivity contribution is -0.117. The molecule has 0 aromatic heterocycles. The van der Waals surface area contributed by atoms with E-state index in [9.17, 15) is 13.2 Å². The summed E-state index contributed by atoms with van der Waals surface area (Å²) < 4.78 is 34.7. The maximum atomic E-state index is 13.0. The summed E-state index contributed by atoms with van der Waals surface area (Å²) in [6.07, 6.45) is 0.205. The first-order valence-corrected chi connectivity index (χ1v) is 12.0. The molecule has 3 rings (SSSR count). The van der Waals surface area contributed by atoms with Gasteiger partial charge in [-0.25, -0.2) is 8.42 Å². The molecule has 0 heterocycles.